The normalized spacial score (nSPS) is 22.7. The SMILES string of the molecule is Cc1cc(N(C)C(=O)C2CCC(Oc3cccc(CC(=O)O)c3)CC2)ccc1CN1CCC[C@@H](C)C1. The van der Waals surface area contributed by atoms with Gasteiger partial charge in [-0.3, -0.25) is 14.5 Å². The zero-order valence-electron chi connectivity index (χ0n) is 21.9. The van der Waals surface area contributed by atoms with Gasteiger partial charge in [0.1, 0.15) is 5.75 Å². The van der Waals surface area contributed by atoms with Gasteiger partial charge in [-0.2, -0.15) is 0 Å². The molecule has 6 nitrogen and oxygen atoms in total. The minimum absolute atomic E-state index is 0.00279. The number of carboxylic acids is 1. The first-order chi connectivity index (χ1) is 17.3. The second kappa shape index (κ2) is 11.9. The summed E-state index contributed by atoms with van der Waals surface area (Å²) in [5, 5.41) is 9.01. The summed E-state index contributed by atoms with van der Waals surface area (Å²) in [6.07, 6.45) is 5.88. The molecule has 2 aromatic rings. The predicted octanol–water partition coefficient (Wildman–Crippen LogP) is 5.45. The highest BCUT2D eigenvalue weighted by atomic mass is 16.5. The number of anilines is 1. The molecule has 1 amide bonds. The second-order valence-electron chi connectivity index (χ2n) is 10.8. The van der Waals surface area contributed by atoms with E-state index >= 15 is 0 Å². The molecule has 0 radical (unpaired) electrons. The zero-order valence-corrected chi connectivity index (χ0v) is 21.9. The summed E-state index contributed by atoms with van der Waals surface area (Å²) in [6, 6.07) is 13.7. The first-order valence-corrected chi connectivity index (χ1v) is 13.4. The van der Waals surface area contributed by atoms with E-state index in [0.717, 1.165) is 49.4 Å². The molecule has 2 aliphatic rings. The molecular formula is C30H40N2O4. The van der Waals surface area contributed by atoms with E-state index in [-0.39, 0.29) is 24.3 Å². The summed E-state index contributed by atoms with van der Waals surface area (Å²) >= 11 is 0. The minimum Gasteiger partial charge on any atom is -0.490 e. The van der Waals surface area contributed by atoms with E-state index in [9.17, 15) is 9.59 Å². The smallest absolute Gasteiger partial charge is 0.307 e. The molecule has 0 bridgehead atoms. The number of carbonyl (C=O) groups excluding carboxylic acids is 1. The Kier molecular flexibility index (Phi) is 8.68. The molecule has 0 unspecified atom stereocenters. The van der Waals surface area contributed by atoms with Crippen molar-refractivity contribution < 1.29 is 19.4 Å². The molecule has 1 heterocycles. The lowest BCUT2D eigenvalue weighted by Crippen LogP contribution is -2.37. The maximum absolute atomic E-state index is 13.3. The van der Waals surface area contributed by atoms with Crippen LogP contribution in [0.5, 0.6) is 5.75 Å². The van der Waals surface area contributed by atoms with E-state index in [0.29, 0.717) is 5.75 Å². The third-order valence-electron chi connectivity index (χ3n) is 7.76. The standard InChI is InChI=1S/C30H40N2O4/c1-21-6-5-15-32(19-21)20-25-9-12-26(16-22(25)2)31(3)30(35)24-10-13-27(14-11-24)36-28-8-4-7-23(17-28)18-29(33)34/h4,7-9,12,16-17,21,24,27H,5-6,10-11,13-15,18-20H2,1-3H3,(H,33,34)/t21-,24?,27?/m1/s1. The van der Waals surface area contributed by atoms with Crippen LogP contribution in [0.1, 0.15) is 62.1 Å². The van der Waals surface area contributed by atoms with Crippen LogP contribution in [0, 0.1) is 18.8 Å². The van der Waals surface area contributed by atoms with Crippen molar-refractivity contribution in [3.63, 3.8) is 0 Å². The van der Waals surface area contributed by atoms with E-state index in [4.69, 9.17) is 9.84 Å². The average Bonchev–Trinajstić information content (AvgIpc) is 2.85. The molecule has 0 spiro atoms. The van der Waals surface area contributed by atoms with E-state index in [1.807, 2.05) is 24.1 Å². The number of ether oxygens (including phenoxy) is 1. The number of carboxylic acid groups (broad SMARTS) is 1. The van der Waals surface area contributed by atoms with Gasteiger partial charge in [0.05, 0.1) is 12.5 Å². The van der Waals surface area contributed by atoms with Crippen molar-refractivity contribution in [2.75, 3.05) is 25.0 Å². The molecule has 2 fully saturated rings. The van der Waals surface area contributed by atoms with Gasteiger partial charge in [0.25, 0.3) is 0 Å². The number of aryl methyl sites for hydroxylation is 1. The number of aliphatic carboxylic acids is 1. The van der Waals surface area contributed by atoms with Gasteiger partial charge in [0.2, 0.25) is 5.91 Å². The number of hydrogen-bond donors (Lipinski definition) is 1. The number of carbonyl (C=O) groups is 2. The van der Waals surface area contributed by atoms with Crippen LogP contribution in [0.2, 0.25) is 0 Å². The summed E-state index contributed by atoms with van der Waals surface area (Å²) < 4.78 is 6.13. The molecule has 6 heteroatoms. The minimum atomic E-state index is -0.850. The maximum Gasteiger partial charge on any atom is 0.307 e. The summed E-state index contributed by atoms with van der Waals surface area (Å²) in [5.41, 5.74) is 4.28. The summed E-state index contributed by atoms with van der Waals surface area (Å²) in [5.74, 6) is 0.800. The lowest BCUT2D eigenvalue weighted by Gasteiger charge is -2.32. The number of amides is 1. The fourth-order valence-electron chi connectivity index (χ4n) is 5.66. The third kappa shape index (κ3) is 6.88. The summed E-state index contributed by atoms with van der Waals surface area (Å²) in [4.78, 5) is 28.6. The van der Waals surface area contributed by atoms with Gasteiger partial charge in [-0.1, -0.05) is 25.1 Å². The van der Waals surface area contributed by atoms with Crippen LogP contribution in [0.15, 0.2) is 42.5 Å². The van der Waals surface area contributed by atoms with Crippen molar-refractivity contribution >= 4 is 17.6 Å². The first kappa shape index (κ1) is 26.2. The molecule has 1 saturated heterocycles. The molecule has 36 heavy (non-hydrogen) atoms. The molecule has 1 aliphatic carbocycles. The lowest BCUT2D eigenvalue weighted by molar-refractivity contribution is -0.136. The van der Waals surface area contributed by atoms with Crippen molar-refractivity contribution in [2.24, 2.45) is 11.8 Å². The molecule has 0 aromatic heterocycles. The molecule has 1 N–H and O–H groups in total. The number of nitrogens with zero attached hydrogens (tertiary/aromatic N) is 2. The molecule has 1 aliphatic heterocycles. The van der Waals surface area contributed by atoms with Crippen molar-refractivity contribution in [2.45, 2.75) is 71.4 Å². The van der Waals surface area contributed by atoms with E-state index in [2.05, 4.69) is 36.9 Å². The molecule has 4 rings (SSSR count). The van der Waals surface area contributed by atoms with Gasteiger partial charge in [0.15, 0.2) is 0 Å². The second-order valence-corrected chi connectivity index (χ2v) is 10.8. The number of piperidine rings is 1. The topological polar surface area (TPSA) is 70.1 Å². The van der Waals surface area contributed by atoms with Gasteiger partial charge in [0, 0.05) is 31.7 Å². The van der Waals surface area contributed by atoms with Gasteiger partial charge in [-0.25, -0.2) is 0 Å². The number of hydrogen-bond acceptors (Lipinski definition) is 4. The van der Waals surface area contributed by atoms with Gasteiger partial charge < -0.3 is 14.7 Å². The highest BCUT2D eigenvalue weighted by Gasteiger charge is 2.30. The Hall–Kier alpha value is -2.86. The van der Waals surface area contributed by atoms with Crippen LogP contribution >= 0.6 is 0 Å². The van der Waals surface area contributed by atoms with Crippen molar-refractivity contribution in [1.82, 2.24) is 4.90 Å². The molecule has 1 saturated carbocycles. The number of likely N-dealkylation sites (tertiary alicyclic amines) is 1. The Morgan fingerprint density at radius 1 is 1.08 bits per heavy atom. The summed E-state index contributed by atoms with van der Waals surface area (Å²) in [6.45, 7) is 7.81. The Morgan fingerprint density at radius 2 is 1.86 bits per heavy atom. The van der Waals surface area contributed by atoms with Gasteiger partial charge in [-0.15, -0.1) is 0 Å². The van der Waals surface area contributed by atoms with Crippen LogP contribution < -0.4 is 9.64 Å². The fraction of sp³-hybridized carbons (Fsp3) is 0.533. The quantitative estimate of drug-likeness (QED) is 0.530. The maximum atomic E-state index is 13.3. The van der Waals surface area contributed by atoms with E-state index in [1.165, 1.54) is 37.1 Å². The highest BCUT2D eigenvalue weighted by Crippen LogP contribution is 2.31. The first-order valence-electron chi connectivity index (χ1n) is 13.4. The molecular weight excluding hydrogens is 452 g/mol. The van der Waals surface area contributed by atoms with E-state index in [1.54, 1.807) is 12.1 Å². The third-order valence-corrected chi connectivity index (χ3v) is 7.76. The predicted molar refractivity (Wildman–Crippen MR) is 142 cm³/mol. The van der Waals surface area contributed by atoms with Gasteiger partial charge >= 0.3 is 5.97 Å². The molecule has 194 valence electrons. The van der Waals surface area contributed by atoms with Gasteiger partial charge in [-0.05, 0) is 98.9 Å². The van der Waals surface area contributed by atoms with Crippen LogP contribution in [0.3, 0.4) is 0 Å². The van der Waals surface area contributed by atoms with Crippen molar-refractivity contribution in [3.8, 4) is 5.75 Å². The number of rotatable bonds is 8. The average molecular weight is 493 g/mol. The Balaban J connectivity index is 1.29. The molecule has 2 aromatic carbocycles. The van der Waals surface area contributed by atoms with Crippen molar-refractivity contribution in [1.29, 1.82) is 0 Å². The van der Waals surface area contributed by atoms with Crippen LogP contribution in [0.25, 0.3) is 0 Å². The van der Waals surface area contributed by atoms with Crippen molar-refractivity contribution in [3.05, 3.63) is 59.2 Å². The van der Waals surface area contributed by atoms with Crippen LogP contribution in [-0.4, -0.2) is 48.1 Å². The fourth-order valence-corrected chi connectivity index (χ4v) is 5.66. The number of benzene rings is 2. The monoisotopic (exact) mass is 492 g/mol. The van der Waals surface area contributed by atoms with E-state index < -0.39 is 5.97 Å². The Labute approximate surface area is 215 Å². The van der Waals surface area contributed by atoms with Crippen LogP contribution in [-0.2, 0) is 22.6 Å². The highest BCUT2D eigenvalue weighted by molar-refractivity contribution is 5.94. The largest absolute Gasteiger partial charge is 0.490 e. The Bertz CT molecular complexity index is 1060. The Morgan fingerprint density at radius 3 is 2.56 bits per heavy atom. The summed E-state index contributed by atoms with van der Waals surface area (Å²) in [7, 11) is 1.89. The zero-order chi connectivity index (χ0) is 25.7. The van der Waals surface area contributed by atoms with Crippen LogP contribution in [0.4, 0.5) is 5.69 Å². The lowest BCUT2D eigenvalue weighted by atomic mass is 9.86. The molecule has 1 atom stereocenters.